The van der Waals surface area contributed by atoms with Crippen molar-refractivity contribution in [3.63, 3.8) is 0 Å². The molecule has 0 aliphatic carbocycles. The van der Waals surface area contributed by atoms with E-state index in [1.165, 1.54) is 11.8 Å². The van der Waals surface area contributed by atoms with E-state index in [-0.39, 0.29) is 11.7 Å². The maximum absolute atomic E-state index is 11.8. The average molecular weight is 409 g/mol. The Bertz CT molecular complexity index is 1020. The van der Waals surface area contributed by atoms with Crippen LogP contribution in [0, 0.1) is 11.3 Å². The second-order valence-electron chi connectivity index (χ2n) is 5.81. The minimum Gasteiger partial charge on any atom is -0.465 e. The van der Waals surface area contributed by atoms with Gasteiger partial charge in [0.15, 0.2) is 0 Å². The second-order valence-corrected chi connectivity index (χ2v) is 7.21. The summed E-state index contributed by atoms with van der Waals surface area (Å²) in [4.78, 5) is 16.5. The molecule has 0 N–H and O–H groups in total. The van der Waals surface area contributed by atoms with Crippen LogP contribution in [0.1, 0.15) is 12.5 Å². The molecule has 0 fully saturated rings. The van der Waals surface area contributed by atoms with E-state index in [1.54, 1.807) is 19.1 Å². The van der Waals surface area contributed by atoms with Gasteiger partial charge in [-0.2, -0.15) is 5.26 Å². The van der Waals surface area contributed by atoms with Crippen LogP contribution in [0.25, 0.3) is 22.4 Å². The zero-order chi connectivity index (χ0) is 19.9. The zero-order valence-corrected chi connectivity index (χ0v) is 16.8. The summed E-state index contributed by atoms with van der Waals surface area (Å²) in [6.07, 6.45) is 0. The van der Waals surface area contributed by atoms with Crippen molar-refractivity contribution in [3.8, 4) is 28.5 Å². The molecule has 6 heteroatoms. The molecule has 1 heterocycles. The number of benzene rings is 2. The van der Waals surface area contributed by atoms with Crippen LogP contribution in [0.5, 0.6) is 0 Å². The number of carbonyl (C=O) groups excluding carboxylic acids is 1. The fourth-order valence-corrected chi connectivity index (χ4v) is 3.60. The number of thioether (sulfide) groups is 1. The highest BCUT2D eigenvalue weighted by atomic mass is 35.5. The smallest absolute Gasteiger partial charge is 0.316 e. The summed E-state index contributed by atoms with van der Waals surface area (Å²) in [6, 6.07) is 21.2. The molecule has 3 rings (SSSR count). The van der Waals surface area contributed by atoms with Crippen molar-refractivity contribution in [1.82, 2.24) is 4.98 Å². The maximum atomic E-state index is 11.8. The molecule has 0 spiro atoms. The third-order valence-electron chi connectivity index (χ3n) is 3.95. The van der Waals surface area contributed by atoms with Crippen LogP contribution in [0.3, 0.4) is 0 Å². The van der Waals surface area contributed by atoms with Crippen molar-refractivity contribution in [2.45, 2.75) is 11.9 Å². The van der Waals surface area contributed by atoms with E-state index < -0.39 is 0 Å². The third kappa shape index (κ3) is 4.72. The van der Waals surface area contributed by atoms with Gasteiger partial charge in [-0.1, -0.05) is 65.8 Å². The molecular formula is C22H17ClN2O2S. The number of carbonyl (C=O) groups is 1. The fourth-order valence-electron chi connectivity index (χ4n) is 2.68. The lowest BCUT2D eigenvalue weighted by molar-refractivity contribution is -0.139. The number of aromatic nitrogens is 1. The first kappa shape index (κ1) is 19.9. The van der Waals surface area contributed by atoms with E-state index in [1.807, 2.05) is 48.5 Å². The van der Waals surface area contributed by atoms with E-state index in [9.17, 15) is 10.1 Å². The Morgan fingerprint density at radius 2 is 1.86 bits per heavy atom. The highest BCUT2D eigenvalue weighted by Gasteiger charge is 2.17. The van der Waals surface area contributed by atoms with Crippen LogP contribution in [0.4, 0.5) is 0 Å². The van der Waals surface area contributed by atoms with Gasteiger partial charge in [-0.15, -0.1) is 0 Å². The molecule has 0 atom stereocenters. The Hall–Kier alpha value is -2.81. The molecule has 3 aromatic rings. The molecule has 0 unspecified atom stereocenters. The molecule has 0 amide bonds. The minimum atomic E-state index is -0.337. The molecule has 4 nitrogen and oxygen atoms in total. The van der Waals surface area contributed by atoms with Crippen LogP contribution in [-0.2, 0) is 9.53 Å². The van der Waals surface area contributed by atoms with Crippen LogP contribution in [0.15, 0.2) is 65.7 Å². The average Bonchev–Trinajstić information content (AvgIpc) is 2.73. The molecule has 140 valence electrons. The van der Waals surface area contributed by atoms with Gasteiger partial charge in [0, 0.05) is 16.1 Å². The molecule has 1 aromatic heterocycles. The predicted molar refractivity (Wildman–Crippen MR) is 112 cm³/mol. The van der Waals surface area contributed by atoms with Crippen molar-refractivity contribution < 1.29 is 9.53 Å². The van der Waals surface area contributed by atoms with Crippen LogP contribution in [-0.4, -0.2) is 23.3 Å². The van der Waals surface area contributed by atoms with Crippen molar-refractivity contribution in [2.24, 2.45) is 0 Å². The maximum Gasteiger partial charge on any atom is 0.316 e. The largest absolute Gasteiger partial charge is 0.465 e. The van der Waals surface area contributed by atoms with Gasteiger partial charge >= 0.3 is 5.97 Å². The summed E-state index contributed by atoms with van der Waals surface area (Å²) in [5.41, 5.74) is 3.70. The van der Waals surface area contributed by atoms with Gasteiger partial charge in [-0.05, 0) is 30.7 Å². The van der Waals surface area contributed by atoms with Crippen molar-refractivity contribution in [3.05, 3.63) is 71.2 Å². The molecule has 28 heavy (non-hydrogen) atoms. The normalized spacial score (nSPS) is 10.3. The first-order valence-electron chi connectivity index (χ1n) is 8.67. The third-order valence-corrected chi connectivity index (χ3v) is 5.16. The molecular weight excluding hydrogens is 392 g/mol. The molecule has 2 aromatic carbocycles. The van der Waals surface area contributed by atoms with Gasteiger partial charge in [0.05, 0.1) is 23.6 Å². The number of hydrogen-bond donors (Lipinski definition) is 0. The second kappa shape index (κ2) is 9.41. The van der Waals surface area contributed by atoms with E-state index in [0.717, 1.165) is 22.4 Å². The fraction of sp³-hybridized carbons (Fsp3) is 0.136. The van der Waals surface area contributed by atoms with Crippen LogP contribution < -0.4 is 0 Å². The molecule has 0 radical (unpaired) electrons. The minimum absolute atomic E-state index is 0.0911. The molecule has 0 saturated heterocycles. The Balaban J connectivity index is 2.11. The van der Waals surface area contributed by atoms with E-state index >= 15 is 0 Å². The highest BCUT2D eigenvalue weighted by molar-refractivity contribution is 7.99. The number of rotatable bonds is 6. The summed E-state index contributed by atoms with van der Waals surface area (Å²) in [5.74, 6) is -0.246. The zero-order valence-electron chi connectivity index (χ0n) is 15.2. The number of nitriles is 1. The predicted octanol–water partition coefficient (Wildman–Crippen LogP) is 5.60. The van der Waals surface area contributed by atoms with Crippen LogP contribution in [0.2, 0.25) is 5.02 Å². The number of halogens is 1. The summed E-state index contributed by atoms with van der Waals surface area (Å²) in [6.45, 7) is 2.08. The lowest BCUT2D eigenvalue weighted by Gasteiger charge is -2.12. The van der Waals surface area contributed by atoms with Crippen molar-refractivity contribution in [2.75, 3.05) is 12.4 Å². The number of esters is 1. The number of hydrogen-bond acceptors (Lipinski definition) is 5. The number of ether oxygens (including phenoxy) is 1. The number of nitrogens with zero attached hydrogens (tertiary/aromatic N) is 2. The summed E-state index contributed by atoms with van der Waals surface area (Å²) in [7, 11) is 0. The molecule has 0 bridgehead atoms. The van der Waals surface area contributed by atoms with Gasteiger partial charge in [0.1, 0.15) is 11.1 Å². The molecule has 0 saturated carbocycles. The van der Waals surface area contributed by atoms with E-state index in [0.29, 0.717) is 22.2 Å². The lowest BCUT2D eigenvalue weighted by atomic mass is 9.99. The van der Waals surface area contributed by atoms with Crippen molar-refractivity contribution in [1.29, 1.82) is 5.26 Å². The summed E-state index contributed by atoms with van der Waals surface area (Å²) < 4.78 is 4.99. The number of pyridine rings is 1. The Morgan fingerprint density at radius 1 is 1.14 bits per heavy atom. The Labute approximate surface area is 173 Å². The monoisotopic (exact) mass is 408 g/mol. The lowest BCUT2D eigenvalue weighted by Crippen LogP contribution is -2.07. The van der Waals surface area contributed by atoms with E-state index in [4.69, 9.17) is 16.3 Å². The topological polar surface area (TPSA) is 63.0 Å². The standard InChI is InChI=1S/C22H17ClN2O2S/c1-2-27-21(26)14-28-22-19(13-24)18(15-8-10-17(23)11-9-15)12-20(25-22)16-6-4-3-5-7-16/h3-12H,2,14H2,1H3. The van der Waals surface area contributed by atoms with Crippen LogP contribution >= 0.6 is 23.4 Å². The van der Waals surface area contributed by atoms with E-state index in [2.05, 4.69) is 11.1 Å². The van der Waals surface area contributed by atoms with Gasteiger partial charge in [0.2, 0.25) is 0 Å². The van der Waals surface area contributed by atoms with Gasteiger partial charge in [-0.25, -0.2) is 4.98 Å². The van der Waals surface area contributed by atoms with Crippen molar-refractivity contribution >= 4 is 29.3 Å². The quantitative estimate of drug-likeness (QED) is 0.392. The summed E-state index contributed by atoms with van der Waals surface area (Å²) in [5, 5.41) is 10.9. The first-order valence-corrected chi connectivity index (χ1v) is 10.0. The molecule has 0 aliphatic rings. The Morgan fingerprint density at radius 3 is 2.50 bits per heavy atom. The summed E-state index contributed by atoms with van der Waals surface area (Å²) >= 11 is 7.22. The van der Waals surface area contributed by atoms with Gasteiger partial charge in [-0.3, -0.25) is 4.79 Å². The van der Waals surface area contributed by atoms with Gasteiger partial charge in [0.25, 0.3) is 0 Å². The Kier molecular flexibility index (Phi) is 6.70. The molecule has 0 aliphatic heterocycles. The highest BCUT2D eigenvalue weighted by Crippen LogP contribution is 2.34. The van der Waals surface area contributed by atoms with Gasteiger partial charge < -0.3 is 4.74 Å². The SMILES string of the molecule is CCOC(=O)CSc1nc(-c2ccccc2)cc(-c2ccc(Cl)cc2)c1C#N. The first-order chi connectivity index (χ1) is 13.6.